The average molecular weight is 243 g/mol. The summed E-state index contributed by atoms with van der Waals surface area (Å²) in [6.45, 7) is 3.54. The van der Waals surface area contributed by atoms with Crippen LogP contribution in [0.15, 0.2) is 24.3 Å². The van der Waals surface area contributed by atoms with Crippen LogP contribution in [-0.4, -0.2) is 22.3 Å². The lowest BCUT2D eigenvalue weighted by Crippen LogP contribution is -2.20. The first-order valence-corrected chi connectivity index (χ1v) is 6.99. The largest absolute Gasteiger partial charge is 0.313 e. The first-order valence-electron chi connectivity index (χ1n) is 5.37. The Labute approximate surface area is 98.7 Å². The Morgan fingerprint density at radius 2 is 2.00 bits per heavy atom. The molecule has 0 radical (unpaired) electrons. The molecule has 2 nitrogen and oxygen atoms in total. The third-order valence-corrected chi connectivity index (χ3v) is 3.91. The Morgan fingerprint density at radius 3 is 2.56 bits per heavy atom. The zero-order valence-electron chi connectivity index (χ0n) is 9.70. The molecule has 0 fully saturated rings. The van der Waals surface area contributed by atoms with Gasteiger partial charge in [-0.25, -0.2) is 4.39 Å². The molecular weight excluding hydrogens is 225 g/mol. The van der Waals surface area contributed by atoms with E-state index in [1.54, 1.807) is 18.4 Å². The maximum absolute atomic E-state index is 12.6. The number of nitrogens with one attached hydrogen (secondary N) is 1. The lowest BCUT2D eigenvalue weighted by Gasteiger charge is -2.09. The average Bonchev–Trinajstić information content (AvgIpc) is 2.26. The van der Waals surface area contributed by atoms with Crippen LogP contribution in [0.25, 0.3) is 0 Å². The van der Waals surface area contributed by atoms with Crippen molar-refractivity contribution < 1.29 is 8.60 Å². The normalized spacial score (nSPS) is 14.7. The second-order valence-electron chi connectivity index (χ2n) is 3.90. The van der Waals surface area contributed by atoms with Crippen molar-refractivity contribution in [3.05, 3.63) is 35.6 Å². The summed E-state index contributed by atoms with van der Waals surface area (Å²) in [5, 5.41) is 3.47. The van der Waals surface area contributed by atoms with Crippen molar-refractivity contribution in [1.29, 1.82) is 0 Å². The fourth-order valence-corrected chi connectivity index (χ4v) is 1.76. The Hall–Kier alpha value is -0.740. The molecule has 1 aromatic carbocycles. The number of benzene rings is 1. The molecule has 16 heavy (non-hydrogen) atoms. The summed E-state index contributed by atoms with van der Waals surface area (Å²) in [5.74, 6) is -0.209. The first kappa shape index (κ1) is 13.3. The highest BCUT2D eigenvalue weighted by Gasteiger charge is 2.04. The van der Waals surface area contributed by atoms with Gasteiger partial charge in [-0.2, -0.15) is 0 Å². The van der Waals surface area contributed by atoms with Crippen LogP contribution in [0, 0.1) is 5.82 Å². The lowest BCUT2D eigenvalue weighted by molar-refractivity contribution is 0.618. The highest BCUT2D eigenvalue weighted by atomic mass is 32.2. The summed E-state index contributed by atoms with van der Waals surface area (Å²) < 4.78 is 23.7. The van der Waals surface area contributed by atoms with E-state index in [1.165, 1.54) is 12.1 Å². The quantitative estimate of drug-likeness (QED) is 0.775. The molecule has 0 aromatic heterocycles. The van der Waals surface area contributed by atoms with E-state index in [0.29, 0.717) is 0 Å². The third-order valence-electron chi connectivity index (χ3n) is 2.54. The van der Waals surface area contributed by atoms with E-state index in [-0.39, 0.29) is 11.1 Å². The predicted octanol–water partition coefficient (Wildman–Crippen LogP) is 2.07. The van der Waals surface area contributed by atoms with Gasteiger partial charge in [0, 0.05) is 28.9 Å². The smallest absolute Gasteiger partial charge is 0.123 e. The number of hydrogen-bond donors (Lipinski definition) is 1. The fourth-order valence-electron chi connectivity index (χ4n) is 1.31. The van der Waals surface area contributed by atoms with E-state index in [4.69, 9.17) is 0 Å². The van der Waals surface area contributed by atoms with Gasteiger partial charge in [-0.3, -0.25) is 4.21 Å². The van der Waals surface area contributed by atoms with E-state index in [9.17, 15) is 8.60 Å². The Kier molecular flexibility index (Phi) is 5.63. The van der Waals surface area contributed by atoms with Gasteiger partial charge in [0.05, 0.1) is 0 Å². The van der Waals surface area contributed by atoms with Gasteiger partial charge >= 0.3 is 0 Å². The molecule has 2 atom stereocenters. The van der Waals surface area contributed by atoms with Crippen LogP contribution in [0.1, 0.15) is 18.9 Å². The van der Waals surface area contributed by atoms with Crippen molar-refractivity contribution in [2.75, 3.05) is 12.8 Å². The minimum Gasteiger partial charge on any atom is -0.313 e. The van der Waals surface area contributed by atoms with Crippen molar-refractivity contribution in [3.8, 4) is 0 Å². The molecule has 4 heteroatoms. The second-order valence-corrected chi connectivity index (χ2v) is 5.70. The van der Waals surface area contributed by atoms with Crippen molar-refractivity contribution in [1.82, 2.24) is 5.32 Å². The van der Waals surface area contributed by atoms with E-state index >= 15 is 0 Å². The molecule has 0 aliphatic rings. The van der Waals surface area contributed by atoms with Crippen LogP contribution in [0.4, 0.5) is 4.39 Å². The maximum atomic E-state index is 12.6. The third kappa shape index (κ3) is 4.86. The molecule has 0 amide bonds. The van der Waals surface area contributed by atoms with Crippen molar-refractivity contribution in [2.45, 2.75) is 25.1 Å². The van der Waals surface area contributed by atoms with Crippen LogP contribution < -0.4 is 5.32 Å². The topological polar surface area (TPSA) is 29.1 Å². The van der Waals surface area contributed by atoms with Gasteiger partial charge in [0.15, 0.2) is 0 Å². The summed E-state index contributed by atoms with van der Waals surface area (Å²) in [6.07, 6.45) is 2.62. The molecule has 1 rings (SSSR count). The Balaban J connectivity index is 2.21. The SMILES string of the molecule is CC(CCNCc1ccc(F)cc1)S(C)=O. The Morgan fingerprint density at radius 1 is 1.38 bits per heavy atom. The summed E-state index contributed by atoms with van der Waals surface area (Å²) >= 11 is 0. The molecule has 0 aliphatic heterocycles. The van der Waals surface area contributed by atoms with Crippen LogP contribution in [-0.2, 0) is 17.3 Å². The Bertz CT molecular complexity index is 339. The molecule has 0 saturated heterocycles. The molecule has 0 heterocycles. The molecule has 90 valence electrons. The number of hydrogen-bond acceptors (Lipinski definition) is 2. The van der Waals surface area contributed by atoms with Gasteiger partial charge in [0.1, 0.15) is 5.82 Å². The van der Waals surface area contributed by atoms with E-state index in [0.717, 1.165) is 25.1 Å². The van der Waals surface area contributed by atoms with Gasteiger partial charge < -0.3 is 5.32 Å². The van der Waals surface area contributed by atoms with Crippen LogP contribution in [0.5, 0.6) is 0 Å². The summed E-state index contributed by atoms with van der Waals surface area (Å²) in [7, 11) is -0.751. The fraction of sp³-hybridized carbons (Fsp3) is 0.500. The van der Waals surface area contributed by atoms with E-state index in [2.05, 4.69) is 5.32 Å². The van der Waals surface area contributed by atoms with Crippen LogP contribution in [0.2, 0.25) is 0 Å². The van der Waals surface area contributed by atoms with Gasteiger partial charge in [-0.05, 0) is 30.7 Å². The second kappa shape index (κ2) is 6.76. The number of halogens is 1. The van der Waals surface area contributed by atoms with Gasteiger partial charge in [-0.15, -0.1) is 0 Å². The lowest BCUT2D eigenvalue weighted by atomic mass is 10.2. The zero-order chi connectivity index (χ0) is 12.0. The molecule has 0 saturated carbocycles. The minimum absolute atomic E-state index is 0.209. The van der Waals surface area contributed by atoms with Crippen molar-refractivity contribution >= 4 is 10.8 Å². The highest BCUT2D eigenvalue weighted by molar-refractivity contribution is 7.84. The van der Waals surface area contributed by atoms with Crippen LogP contribution in [0.3, 0.4) is 0 Å². The summed E-state index contributed by atoms with van der Waals surface area (Å²) in [4.78, 5) is 0. The monoisotopic (exact) mass is 243 g/mol. The van der Waals surface area contributed by atoms with Crippen LogP contribution >= 0.6 is 0 Å². The molecule has 0 aliphatic carbocycles. The molecule has 2 unspecified atom stereocenters. The maximum Gasteiger partial charge on any atom is 0.123 e. The predicted molar refractivity (Wildman–Crippen MR) is 66.3 cm³/mol. The molecule has 1 aromatic rings. The van der Waals surface area contributed by atoms with Crippen molar-refractivity contribution in [2.24, 2.45) is 0 Å². The summed E-state index contributed by atoms with van der Waals surface area (Å²) in [5.41, 5.74) is 1.06. The first-order chi connectivity index (χ1) is 7.59. The highest BCUT2D eigenvalue weighted by Crippen LogP contribution is 2.02. The molecule has 0 bridgehead atoms. The minimum atomic E-state index is -0.751. The molecular formula is C12H18FNOS. The van der Waals surface area contributed by atoms with Gasteiger partial charge in [-0.1, -0.05) is 19.1 Å². The van der Waals surface area contributed by atoms with Gasteiger partial charge in [0.25, 0.3) is 0 Å². The number of rotatable bonds is 6. The zero-order valence-corrected chi connectivity index (χ0v) is 10.5. The van der Waals surface area contributed by atoms with Crippen molar-refractivity contribution in [3.63, 3.8) is 0 Å². The molecule has 1 N–H and O–H groups in total. The van der Waals surface area contributed by atoms with E-state index < -0.39 is 10.8 Å². The summed E-state index contributed by atoms with van der Waals surface area (Å²) in [6, 6.07) is 6.45. The van der Waals surface area contributed by atoms with E-state index in [1.807, 2.05) is 6.92 Å². The van der Waals surface area contributed by atoms with Gasteiger partial charge in [0.2, 0.25) is 0 Å². The standard InChI is InChI=1S/C12H18FNOS/c1-10(16(2)15)7-8-14-9-11-3-5-12(13)6-4-11/h3-6,10,14H,7-9H2,1-2H3. The molecule has 0 spiro atoms.